The normalized spacial score (nSPS) is 16.3. The maximum absolute atomic E-state index is 2.30. The van der Waals surface area contributed by atoms with Crippen molar-refractivity contribution < 1.29 is 0 Å². The molecule has 0 aliphatic heterocycles. The Balaban J connectivity index is 2.82. The Hall–Kier alpha value is -0.780. The first kappa shape index (κ1) is 10.3. The van der Waals surface area contributed by atoms with E-state index in [1.54, 1.807) is 5.57 Å². The summed E-state index contributed by atoms with van der Waals surface area (Å²) < 4.78 is 0. The summed E-state index contributed by atoms with van der Waals surface area (Å²) in [6, 6.07) is 0. The Morgan fingerprint density at radius 1 is 1.15 bits per heavy atom. The lowest BCUT2D eigenvalue weighted by atomic mass is 9.91. The summed E-state index contributed by atoms with van der Waals surface area (Å²) in [6.07, 6.45) is 8.29. The van der Waals surface area contributed by atoms with E-state index >= 15 is 0 Å². The average molecular weight is 176 g/mol. The second-order valence-electron chi connectivity index (χ2n) is 4.00. The predicted octanol–water partition coefficient (Wildman–Crippen LogP) is 4.40. The van der Waals surface area contributed by atoms with E-state index in [0.29, 0.717) is 0 Å². The largest absolute Gasteiger partial charge is 0.0732 e. The number of rotatable bonds is 2. The van der Waals surface area contributed by atoms with Gasteiger partial charge in [-0.2, -0.15) is 0 Å². The standard InChI is InChI=1S/C13H20/c1-5-12-6-8-13(9-7-12)11(4)10(2)3/h6,8H,5,7,9H2,1-4H3. The molecule has 0 N–H and O–H groups in total. The lowest BCUT2D eigenvalue weighted by Crippen LogP contribution is -1.95. The van der Waals surface area contributed by atoms with Gasteiger partial charge in [-0.1, -0.05) is 30.2 Å². The van der Waals surface area contributed by atoms with Crippen molar-refractivity contribution in [3.05, 3.63) is 34.4 Å². The van der Waals surface area contributed by atoms with Crippen molar-refractivity contribution in [2.75, 3.05) is 0 Å². The molecule has 0 unspecified atom stereocenters. The van der Waals surface area contributed by atoms with Crippen LogP contribution in [0.4, 0.5) is 0 Å². The van der Waals surface area contributed by atoms with E-state index in [2.05, 4.69) is 39.8 Å². The molecule has 0 nitrogen and oxygen atoms in total. The monoisotopic (exact) mass is 176 g/mol. The maximum atomic E-state index is 2.30. The molecule has 0 heterocycles. The summed E-state index contributed by atoms with van der Waals surface area (Å²) in [7, 11) is 0. The van der Waals surface area contributed by atoms with Gasteiger partial charge >= 0.3 is 0 Å². The van der Waals surface area contributed by atoms with E-state index in [1.165, 1.54) is 36.0 Å². The first-order valence-corrected chi connectivity index (χ1v) is 5.18. The van der Waals surface area contributed by atoms with Crippen molar-refractivity contribution in [3.8, 4) is 0 Å². The van der Waals surface area contributed by atoms with Gasteiger partial charge in [-0.25, -0.2) is 0 Å². The van der Waals surface area contributed by atoms with Crippen LogP contribution in [0.1, 0.15) is 47.0 Å². The zero-order valence-electron chi connectivity index (χ0n) is 9.28. The zero-order valence-corrected chi connectivity index (χ0v) is 9.28. The highest BCUT2D eigenvalue weighted by molar-refractivity contribution is 5.38. The fourth-order valence-corrected chi connectivity index (χ4v) is 1.61. The molecule has 0 bridgehead atoms. The van der Waals surface area contributed by atoms with Crippen LogP contribution in [0.2, 0.25) is 0 Å². The Morgan fingerprint density at radius 2 is 1.85 bits per heavy atom. The van der Waals surface area contributed by atoms with Gasteiger partial charge < -0.3 is 0 Å². The highest BCUT2D eigenvalue weighted by Crippen LogP contribution is 2.26. The van der Waals surface area contributed by atoms with E-state index in [0.717, 1.165) is 0 Å². The van der Waals surface area contributed by atoms with Crippen molar-refractivity contribution in [2.24, 2.45) is 0 Å². The summed E-state index contributed by atoms with van der Waals surface area (Å²) in [4.78, 5) is 0. The molecule has 1 aliphatic rings. The molecule has 0 spiro atoms. The van der Waals surface area contributed by atoms with Crippen molar-refractivity contribution in [1.29, 1.82) is 0 Å². The highest BCUT2D eigenvalue weighted by Gasteiger charge is 2.06. The van der Waals surface area contributed by atoms with Crippen molar-refractivity contribution in [2.45, 2.75) is 47.0 Å². The summed E-state index contributed by atoms with van der Waals surface area (Å²) in [6.45, 7) is 8.84. The third kappa shape index (κ3) is 2.58. The fourth-order valence-electron chi connectivity index (χ4n) is 1.61. The van der Waals surface area contributed by atoms with Crippen molar-refractivity contribution in [1.82, 2.24) is 0 Å². The number of hydrogen-bond acceptors (Lipinski definition) is 0. The quantitative estimate of drug-likeness (QED) is 0.585. The van der Waals surface area contributed by atoms with Gasteiger partial charge in [0.15, 0.2) is 0 Å². The van der Waals surface area contributed by atoms with E-state index in [1.807, 2.05) is 0 Å². The molecular formula is C13H20. The van der Waals surface area contributed by atoms with E-state index < -0.39 is 0 Å². The molecular weight excluding hydrogens is 156 g/mol. The van der Waals surface area contributed by atoms with E-state index in [9.17, 15) is 0 Å². The van der Waals surface area contributed by atoms with Crippen LogP contribution in [0.3, 0.4) is 0 Å². The molecule has 0 aromatic heterocycles. The second kappa shape index (κ2) is 4.45. The number of hydrogen-bond donors (Lipinski definition) is 0. The van der Waals surface area contributed by atoms with Crippen LogP contribution in [0.25, 0.3) is 0 Å². The van der Waals surface area contributed by atoms with E-state index in [4.69, 9.17) is 0 Å². The molecule has 0 saturated carbocycles. The summed E-state index contributed by atoms with van der Waals surface area (Å²) >= 11 is 0. The highest BCUT2D eigenvalue weighted by atomic mass is 14.1. The average Bonchev–Trinajstić information content (AvgIpc) is 2.17. The molecule has 0 heteroatoms. The predicted molar refractivity (Wildman–Crippen MR) is 59.7 cm³/mol. The molecule has 0 atom stereocenters. The Kier molecular flexibility index (Phi) is 3.53. The summed E-state index contributed by atoms with van der Waals surface area (Å²) in [5.74, 6) is 0. The SMILES string of the molecule is CCC1=CC=C(C(C)=C(C)C)CC1. The van der Waals surface area contributed by atoms with Crippen LogP contribution >= 0.6 is 0 Å². The molecule has 0 radical (unpaired) electrons. The van der Waals surface area contributed by atoms with Gasteiger partial charge in [-0.15, -0.1) is 0 Å². The zero-order chi connectivity index (χ0) is 9.84. The second-order valence-corrected chi connectivity index (χ2v) is 4.00. The van der Waals surface area contributed by atoms with Crippen LogP contribution < -0.4 is 0 Å². The maximum Gasteiger partial charge on any atom is -0.0239 e. The number of allylic oxidation sites excluding steroid dienone is 6. The summed E-state index contributed by atoms with van der Waals surface area (Å²) in [5, 5.41) is 0. The first-order chi connectivity index (χ1) is 6.15. The van der Waals surface area contributed by atoms with Crippen LogP contribution in [-0.2, 0) is 0 Å². The third-order valence-electron chi connectivity index (χ3n) is 2.92. The van der Waals surface area contributed by atoms with Crippen LogP contribution in [0.15, 0.2) is 34.4 Å². The molecule has 0 amide bonds. The van der Waals surface area contributed by atoms with Gasteiger partial charge in [0.2, 0.25) is 0 Å². The van der Waals surface area contributed by atoms with Crippen molar-refractivity contribution >= 4 is 0 Å². The molecule has 72 valence electrons. The molecule has 0 aromatic carbocycles. The van der Waals surface area contributed by atoms with Gasteiger partial charge in [0.25, 0.3) is 0 Å². The topological polar surface area (TPSA) is 0 Å². The van der Waals surface area contributed by atoms with Gasteiger partial charge in [-0.3, -0.25) is 0 Å². The molecule has 1 rings (SSSR count). The molecule has 0 fully saturated rings. The molecule has 0 aromatic rings. The van der Waals surface area contributed by atoms with Gasteiger partial charge in [0.1, 0.15) is 0 Å². The van der Waals surface area contributed by atoms with Crippen LogP contribution in [0.5, 0.6) is 0 Å². The van der Waals surface area contributed by atoms with Crippen LogP contribution in [0, 0.1) is 0 Å². The Morgan fingerprint density at radius 3 is 2.23 bits per heavy atom. The Labute approximate surface area is 82.0 Å². The first-order valence-electron chi connectivity index (χ1n) is 5.18. The van der Waals surface area contributed by atoms with Gasteiger partial charge in [0.05, 0.1) is 0 Å². The third-order valence-corrected chi connectivity index (χ3v) is 2.92. The van der Waals surface area contributed by atoms with Gasteiger partial charge in [-0.05, 0) is 51.2 Å². The van der Waals surface area contributed by atoms with Gasteiger partial charge in [0, 0.05) is 0 Å². The molecule has 13 heavy (non-hydrogen) atoms. The molecule has 0 saturated heterocycles. The van der Waals surface area contributed by atoms with Crippen LogP contribution in [-0.4, -0.2) is 0 Å². The minimum absolute atomic E-state index is 1.21. The lowest BCUT2D eigenvalue weighted by molar-refractivity contribution is 0.859. The minimum Gasteiger partial charge on any atom is -0.0732 e. The lowest BCUT2D eigenvalue weighted by Gasteiger charge is -2.15. The van der Waals surface area contributed by atoms with Crippen molar-refractivity contribution in [3.63, 3.8) is 0 Å². The smallest absolute Gasteiger partial charge is 0.0239 e. The Bertz CT molecular complexity index is 270. The molecule has 1 aliphatic carbocycles. The minimum atomic E-state index is 1.21. The van der Waals surface area contributed by atoms with E-state index in [-0.39, 0.29) is 0 Å². The fraction of sp³-hybridized carbons (Fsp3) is 0.538. The summed E-state index contributed by atoms with van der Waals surface area (Å²) in [5.41, 5.74) is 6.04.